The van der Waals surface area contributed by atoms with E-state index in [9.17, 15) is 15.3 Å². The normalized spacial score (nSPS) is 19.7. The monoisotopic (exact) mass is 837 g/mol. The van der Waals surface area contributed by atoms with E-state index in [1.165, 1.54) is 23.0 Å². The third kappa shape index (κ3) is 8.07. The van der Waals surface area contributed by atoms with Crippen LogP contribution in [0, 0.1) is 5.82 Å². The van der Waals surface area contributed by atoms with Crippen LogP contribution in [0.3, 0.4) is 0 Å². The fraction of sp³-hybridized carbons (Fsp3) is 0.205. The van der Waals surface area contributed by atoms with Crippen molar-refractivity contribution in [1.29, 1.82) is 0 Å². The molecule has 0 bridgehead atoms. The SMILES string of the molecule is OC[C@H]1O[C@@H](Sc2ccc(Cl)c(Cl)c2)[C@H](O)[C@@H](n2cc(-c3cc(F)cc(COCc4cn(C(c5ccccc5)(c5ccccc5)c5ccccc5)cn4)c3)nn2)[C@H]1O. The zero-order valence-electron chi connectivity index (χ0n) is 30.8. The Hall–Kier alpha value is -4.89. The zero-order valence-corrected chi connectivity index (χ0v) is 33.1. The van der Waals surface area contributed by atoms with E-state index in [-0.39, 0.29) is 13.2 Å². The van der Waals surface area contributed by atoms with Gasteiger partial charge in [0.15, 0.2) is 0 Å². The van der Waals surface area contributed by atoms with Crippen LogP contribution in [0.25, 0.3) is 11.3 Å². The summed E-state index contributed by atoms with van der Waals surface area (Å²) in [6.45, 7) is -0.265. The number of ether oxygens (including phenoxy) is 2. The molecule has 1 saturated heterocycles. The Morgan fingerprint density at radius 2 is 1.43 bits per heavy atom. The summed E-state index contributed by atoms with van der Waals surface area (Å²) < 4.78 is 30.5. The van der Waals surface area contributed by atoms with Crippen molar-refractivity contribution in [2.75, 3.05) is 6.61 Å². The molecule has 0 amide bonds. The van der Waals surface area contributed by atoms with Gasteiger partial charge in [-0.2, -0.15) is 0 Å². The minimum absolute atomic E-state index is 0.0795. The molecule has 1 fully saturated rings. The molecule has 0 radical (unpaired) electrons. The lowest BCUT2D eigenvalue weighted by atomic mass is 9.77. The highest BCUT2D eigenvalue weighted by Gasteiger charge is 2.46. The van der Waals surface area contributed by atoms with Gasteiger partial charge in [0, 0.05) is 16.7 Å². The fourth-order valence-electron chi connectivity index (χ4n) is 7.48. The second-order valence-electron chi connectivity index (χ2n) is 13.9. The summed E-state index contributed by atoms with van der Waals surface area (Å²) in [4.78, 5) is 5.40. The molecule has 0 saturated carbocycles. The Morgan fingerprint density at radius 3 is 2.05 bits per heavy atom. The molecule has 5 aromatic carbocycles. The average Bonchev–Trinajstić information content (AvgIpc) is 3.93. The third-order valence-electron chi connectivity index (χ3n) is 10.2. The van der Waals surface area contributed by atoms with Gasteiger partial charge in [-0.3, -0.25) is 0 Å². The van der Waals surface area contributed by atoms with E-state index < -0.39 is 47.8 Å². The van der Waals surface area contributed by atoms with Gasteiger partial charge in [0.1, 0.15) is 46.8 Å². The van der Waals surface area contributed by atoms with Crippen LogP contribution in [0.5, 0.6) is 0 Å². The first-order valence-electron chi connectivity index (χ1n) is 18.5. The van der Waals surface area contributed by atoms with Crippen molar-refractivity contribution in [1.82, 2.24) is 24.5 Å². The first-order chi connectivity index (χ1) is 28.2. The molecular formula is C44H38Cl2FN5O5S. The van der Waals surface area contributed by atoms with Crippen LogP contribution in [-0.4, -0.2) is 70.2 Å². The van der Waals surface area contributed by atoms with E-state index in [1.807, 2.05) is 67.1 Å². The van der Waals surface area contributed by atoms with E-state index in [0.29, 0.717) is 37.5 Å². The number of nitrogens with zero attached hydrogens (tertiary/aromatic N) is 5. The maximum Gasteiger partial charge on any atom is 0.136 e. The Balaban J connectivity index is 1.00. The minimum atomic E-state index is -1.33. The number of aliphatic hydroxyl groups is 3. The largest absolute Gasteiger partial charge is 0.394 e. The molecule has 0 aliphatic carbocycles. The molecule has 5 atom stereocenters. The quantitative estimate of drug-likeness (QED) is 0.0994. The van der Waals surface area contributed by atoms with Gasteiger partial charge in [-0.05, 0) is 58.7 Å². The highest BCUT2D eigenvalue weighted by atomic mass is 35.5. The Morgan fingerprint density at radius 1 is 0.776 bits per heavy atom. The number of aliphatic hydroxyl groups excluding tert-OH is 3. The van der Waals surface area contributed by atoms with Crippen LogP contribution >= 0.6 is 35.0 Å². The van der Waals surface area contributed by atoms with Crippen LogP contribution in [0.15, 0.2) is 151 Å². The molecule has 3 N–H and O–H groups in total. The van der Waals surface area contributed by atoms with Gasteiger partial charge in [0.05, 0.1) is 48.1 Å². The summed E-state index contributed by atoms with van der Waals surface area (Å²) in [5.74, 6) is -0.502. The van der Waals surface area contributed by atoms with E-state index in [2.05, 4.69) is 51.3 Å². The summed E-state index contributed by atoms with van der Waals surface area (Å²) in [5, 5.41) is 41.7. The Kier molecular flexibility index (Phi) is 12.1. The molecule has 14 heteroatoms. The van der Waals surface area contributed by atoms with E-state index in [1.54, 1.807) is 24.3 Å². The molecule has 1 aliphatic heterocycles. The van der Waals surface area contributed by atoms with Gasteiger partial charge in [0.2, 0.25) is 0 Å². The van der Waals surface area contributed by atoms with Crippen molar-refractivity contribution >= 4 is 35.0 Å². The smallest absolute Gasteiger partial charge is 0.136 e. The van der Waals surface area contributed by atoms with Crippen molar-refractivity contribution in [2.45, 2.75) is 53.4 Å². The third-order valence-corrected chi connectivity index (χ3v) is 12.1. The highest BCUT2D eigenvalue weighted by Crippen LogP contribution is 2.42. The number of hydrogen-bond acceptors (Lipinski definition) is 9. The maximum absolute atomic E-state index is 15.1. The lowest BCUT2D eigenvalue weighted by Crippen LogP contribution is -2.55. The van der Waals surface area contributed by atoms with Gasteiger partial charge < -0.3 is 29.4 Å². The molecule has 0 spiro atoms. The minimum Gasteiger partial charge on any atom is -0.394 e. The lowest BCUT2D eigenvalue weighted by Gasteiger charge is -2.41. The first-order valence-corrected chi connectivity index (χ1v) is 20.1. The van der Waals surface area contributed by atoms with Gasteiger partial charge in [0.25, 0.3) is 0 Å². The summed E-state index contributed by atoms with van der Waals surface area (Å²) >= 11 is 13.4. The van der Waals surface area contributed by atoms with Gasteiger partial charge in [-0.15, -0.1) is 5.10 Å². The molecular weight excluding hydrogens is 800 g/mol. The van der Waals surface area contributed by atoms with Gasteiger partial charge in [-0.25, -0.2) is 14.1 Å². The molecule has 1 aliphatic rings. The van der Waals surface area contributed by atoms with Crippen LogP contribution in [-0.2, 0) is 28.2 Å². The number of hydrogen-bond donors (Lipinski definition) is 3. The number of aromatic nitrogens is 5. The molecule has 8 rings (SSSR count). The molecule has 7 aromatic rings. The second kappa shape index (κ2) is 17.5. The first kappa shape index (κ1) is 39.9. The maximum atomic E-state index is 15.1. The lowest BCUT2D eigenvalue weighted by molar-refractivity contribution is -0.178. The number of imidazole rings is 1. The van der Waals surface area contributed by atoms with Crippen molar-refractivity contribution in [3.63, 3.8) is 0 Å². The summed E-state index contributed by atoms with van der Waals surface area (Å²) in [5.41, 5.74) is 3.55. The van der Waals surface area contributed by atoms with Crippen LogP contribution in [0.1, 0.15) is 34.0 Å². The molecule has 0 unspecified atom stereocenters. The molecule has 10 nitrogen and oxygen atoms in total. The number of halogens is 3. The Bertz CT molecular complexity index is 2360. The van der Waals surface area contributed by atoms with Crippen molar-refractivity contribution in [3.8, 4) is 11.3 Å². The number of benzene rings is 5. The number of rotatable bonds is 13. The van der Waals surface area contributed by atoms with E-state index >= 15 is 4.39 Å². The molecule has 296 valence electrons. The summed E-state index contributed by atoms with van der Waals surface area (Å²) in [6.07, 6.45) is 1.66. The molecule has 3 heterocycles. The fourth-order valence-corrected chi connectivity index (χ4v) is 8.94. The van der Waals surface area contributed by atoms with E-state index in [4.69, 9.17) is 37.7 Å². The highest BCUT2D eigenvalue weighted by molar-refractivity contribution is 7.99. The predicted molar refractivity (Wildman–Crippen MR) is 220 cm³/mol. The molecule has 58 heavy (non-hydrogen) atoms. The van der Waals surface area contributed by atoms with Gasteiger partial charge >= 0.3 is 0 Å². The number of thioether (sulfide) groups is 1. The summed E-state index contributed by atoms with van der Waals surface area (Å²) in [7, 11) is 0. The Labute approximate surface area is 348 Å². The summed E-state index contributed by atoms with van der Waals surface area (Å²) in [6, 6.07) is 39.3. The van der Waals surface area contributed by atoms with Crippen LogP contribution in [0.2, 0.25) is 10.0 Å². The topological polar surface area (TPSA) is 128 Å². The van der Waals surface area contributed by atoms with E-state index in [0.717, 1.165) is 28.5 Å². The second-order valence-corrected chi connectivity index (χ2v) is 15.9. The predicted octanol–water partition coefficient (Wildman–Crippen LogP) is 7.92. The van der Waals surface area contributed by atoms with Crippen molar-refractivity contribution in [3.05, 3.63) is 190 Å². The molecule has 2 aromatic heterocycles. The van der Waals surface area contributed by atoms with Crippen LogP contribution in [0.4, 0.5) is 4.39 Å². The standard InChI is InChI=1S/C44H38Cl2FN5O5S/c45-36-17-16-35(21-37(36)46)58-43-42(55)40(41(54)39(24-53)57-43)52-23-38(49-50-52)29-18-28(19-33(47)20-29)25-56-26-34-22-51(27-48-34)44(30-10-4-1-5-11-30,31-12-6-2-7-13-31)32-14-8-3-9-15-32/h1-23,27,39-43,53-55H,24-26H2/t39-,40+,41+,42-,43+/m1/s1. The van der Waals surface area contributed by atoms with Gasteiger partial charge in [-0.1, -0.05) is 131 Å². The van der Waals surface area contributed by atoms with Crippen LogP contribution < -0.4 is 0 Å². The average molecular weight is 839 g/mol. The van der Waals surface area contributed by atoms with Crippen molar-refractivity contribution < 1.29 is 29.2 Å². The van der Waals surface area contributed by atoms with Crippen molar-refractivity contribution in [2.24, 2.45) is 0 Å². The zero-order chi connectivity index (χ0) is 40.2.